The summed E-state index contributed by atoms with van der Waals surface area (Å²) in [5.41, 5.74) is 0.902. The molecule has 3 N–H and O–H groups in total. The Kier molecular flexibility index (Phi) is 8.67. The van der Waals surface area contributed by atoms with Crippen LogP contribution in [0.15, 0.2) is 41.4 Å². The highest BCUT2D eigenvalue weighted by molar-refractivity contribution is 5.79. The number of rotatable bonds is 9. The van der Waals surface area contributed by atoms with Crippen molar-refractivity contribution in [3.8, 4) is 11.5 Å². The van der Waals surface area contributed by atoms with Gasteiger partial charge in [0.2, 0.25) is 0 Å². The molecule has 0 aliphatic heterocycles. The maximum Gasteiger partial charge on any atom is 0.191 e. The lowest BCUT2D eigenvalue weighted by Gasteiger charge is -2.15. The van der Waals surface area contributed by atoms with Gasteiger partial charge in [0.05, 0.1) is 26.9 Å². The maximum atomic E-state index is 13.7. The molecule has 0 spiro atoms. The molecule has 8 heteroatoms. The molecular formula is C21H27F2N3O3. The van der Waals surface area contributed by atoms with Crippen molar-refractivity contribution in [1.29, 1.82) is 0 Å². The number of methoxy groups -OCH3 is 2. The van der Waals surface area contributed by atoms with Gasteiger partial charge in [0.15, 0.2) is 5.96 Å². The van der Waals surface area contributed by atoms with Crippen molar-refractivity contribution in [3.05, 3.63) is 59.2 Å². The highest BCUT2D eigenvalue weighted by atomic mass is 19.1. The van der Waals surface area contributed by atoms with E-state index in [1.807, 2.05) is 6.92 Å². The van der Waals surface area contributed by atoms with Crippen LogP contribution >= 0.6 is 0 Å². The summed E-state index contributed by atoms with van der Waals surface area (Å²) in [4.78, 5) is 4.37. The number of guanidine groups is 1. The Morgan fingerprint density at radius 3 is 2.38 bits per heavy atom. The number of ether oxygens (including phenoxy) is 2. The van der Waals surface area contributed by atoms with Crippen molar-refractivity contribution >= 4 is 5.96 Å². The van der Waals surface area contributed by atoms with Gasteiger partial charge in [0.25, 0.3) is 0 Å². The third-order valence-corrected chi connectivity index (χ3v) is 4.22. The Bertz CT molecular complexity index is 809. The summed E-state index contributed by atoms with van der Waals surface area (Å²) in [6.45, 7) is 2.98. The molecule has 1 atom stereocenters. The number of nitrogens with one attached hydrogen (secondary N) is 2. The van der Waals surface area contributed by atoms with Gasteiger partial charge in [-0.2, -0.15) is 0 Å². The number of nitrogens with zero attached hydrogens (tertiary/aromatic N) is 1. The van der Waals surface area contributed by atoms with E-state index in [9.17, 15) is 13.9 Å². The maximum absolute atomic E-state index is 13.7. The van der Waals surface area contributed by atoms with E-state index in [4.69, 9.17) is 9.47 Å². The number of aliphatic hydroxyl groups excluding tert-OH is 1. The molecule has 1 unspecified atom stereocenters. The molecule has 6 nitrogen and oxygen atoms in total. The average Bonchev–Trinajstić information content (AvgIpc) is 2.73. The summed E-state index contributed by atoms with van der Waals surface area (Å²) in [5, 5.41) is 16.6. The van der Waals surface area contributed by atoms with E-state index in [1.54, 1.807) is 18.2 Å². The number of benzene rings is 2. The van der Waals surface area contributed by atoms with Crippen LogP contribution in [0, 0.1) is 11.6 Å². The Morgan fingerprint density at radius 2 is 1.76 bits per heavy atom. The van der Waals surface area contributed by atoms with Gasteiger partial charge in [-0.05, 0) is 54.8 Å². The predicted octanol–water partition coefficient (Wildman–Crippen LogP) is 2.81. The monoisotopic (exact) mass is 407 g/mol. The Hall–Kier alpha value is -2.87. The third-order valence-electron chi connectivity index (χ3n) is 4.22. The van der Waals surface area contributed by atoms with Crippen LogP contribution in [0.5, 0.6) is 11.5 Å². The smallest absolute Gasteiger partial charge is 0.191 e. The molecule has 0 aromatic heterocycles. The van der Waals surface area contributed by atoms with Gasteiger partial charge in [0.1, 0.15) is 23.1 Å². The van der Waals surface area contributed by atoms with Crippen molar-refractivity contribution in [1.82, 2.24) is 10.6 Å². The molecule has 0 aliphatic carbocycles. The van der Waals surface area contributed by atoms with Gasteiger partial charge in [-0.3, -0.25) is 4.99 Å². The minimum atomic E-state index is -0.866. The first kappa shape index (κ1) is 22.4. The highest BCUT2D eigenvalue weighted by Crippen LogP contribution is 2.26. The van der Waals surface area contributed by atoms with Crippen molar-refractivity contribution in [2.24, 2.45) is 4.99 Å². The first-order valence-electron chi connectivity index (χ1n) is 9.34. The normalized spacial score (nSPS) is 12.4. The molecule has 2 rings (SSSR count). The van der Waals surface area contributed by atoms with Gasteiger partial charge in [-0.15, -0.1) is 0 Å². The lowest BCUT2D eigenvalue weighted by molar-refractivity contribution is 0.186. The molecule has 0 fully saturated rings. The van der Waals surface area contributed by atoms with Crippen molar-refractivity contribution < 1.29 is 23.4 Å². The third kappa shape index (κ3) is 6.90. The summed E-state index contributed by atoms with van der Waals surface area (Å²) in [6, 6.07) is 8.54. The second-order valence-electron chi connectivity index (χ2n) is 6.29. The number of aliphatic imine (C=N–C) groups is 1. The molecule has 0 saturated heterocycles. The van der Waals surface area contributed by atoms with Crippen LogP contribution in [0.1, 0.15) is 24.2 Å². The van der Waals surface area contributed by atoms with Crippen LogP contribution < -0.4 is 20.1 Å². The number of hydrogen-bond acceptors (Lipinski definition) is 4. The second-order valence-corrected chi connectivity index (χ2v) is 6.29. The molecule has 0 saturated carbocycles. The van der Waals surface area contributed by atoms with E-state index < -0.39 is 17.7 Å². The quantitative estimate of drug-likeness (QED) is 0.440. The van der Waals surface area contributed by atoms with Crippen LogP contribution in [0.3, 0.4) is 0 Å². The second kappa shape index (κ2) is 11.2. The van der Waals surface area contributed by atoms with E-state index in [-0.39, 0.29) is 12.1 Å². The molecule has 0 heterocycles. The number of aliphatic hydroxyl groups is 1. The minimum absolute atomic E-state index is 0.0972. The predicted molar refractivity (Wildman–Crippen MR) is 109 cm³/mol. The van der Waals surface area contributed by atoms with Gasteiger partial charge >= 0.3 is 0 Å². The van der Waals surface area contributed by atoms with Crippen molar-refractivity contribution in [3.63, 3.8) is 0 Å². The van der Waals surface area contributed by atoms with Gasteiger partial charge in [-0.1, -0.05) is 0 Å². The first-order valence-corrected chi connectivity index (χ1v) is 9.34. The fourth-order valence-electron chi connectivity index (χ4n) is 2.70. The van der Waals surface area contributed by atoms with Crippen LogP contribution in [-0.2, 0) is 6.42 Å². The lowest BCUT2D eigenvalue weighted by atomic mass is 10.1. The highest BCUT2D eigenvalue weighted by Gasteiger charge is 2.11. The fourth-order valence-corrected chi connectivity index (χ4v) is 2.70. The summed E-state index contributed by atoms with van der Waals surface area (Å²) in [5.74, 6) is 0.698. The van der Waals surface area contributed by atoms with E-state index in [0.717, 1.165) is 12.1 Å². The summed E-state index contributed by atoms with van der Waals surface area (Å²) in [7, 11) is 3.08. The Morgan fingerprint density at radius 1 is 1.07 bits per heavy atom. The standard InChI is InChI=1S/C21H27F2N3O3/c1-4-24-21(25-8-7-14-9-16(22)5-6-19(14)23)26-13-20(27)15-10-17(28-2)12-18(11-15)29-3/h5-6,9-12,20,27H,4,7-8,13H2,1-3H3,(H2,24,25,26). The molecule has 0 bridgehead atoms. The van der Waals surface area contributed by atoms with Crippen LogP contribution in [0.2, 0.25) is 0 Å². The zero-order valence-electron chi connectivity index (χ0n) is 16.8. The molecule has 158 valence electrons. The van der Waals surface area contributed by atoms with E-state index >= 15 is 0 Å². The van der Waals surface area contributed by atoms with Crippen molar-refractivity contribution in [2.75, 3.05) is 33.9 Å². The summed E-state index contributed by atoms with van der Waals surface area (Å²) in [6.07, 6.45) is -0.570. The molecule has 0 amide bonds. The molecule has 0 radical (unpaired) electrons. The van der Waals surface area contributed by atoms with E-state index in [1.165, 1.54) is 20.3 Å². The SMILES string of the molecule is CCNC(=NCC(O)c1cc(OC)cc(OC)c1)NCCc1cc(F)ccc1F. The molecule has 29 heavy (non-hydrogen) atoms. The molecule has 0 aliphatic rings. The van der Waals surface area contributed by atoms with Crippen LogP contribution in [-0.4, -0.2) is 44.9 Å². The lowest BCUT2D eigenvalue weighted by Crippen LogP contribution is -2.38. The van der Waals surface area contributed by atoms with Crippen LogP contribution in [0.25, 0.3) is 0 Å². The molecular weight excluding hydrogens is 380 g/mol. The zero-order valence-corrected chi connectivity index (χ0v) is 16.8. The topological polar surface area (TPSA) is 75.1 Å². The van der Waals surface area contributed by atoms with Crippen LogP contribution in [0.4, 0.5) is 8.78 Å². The van der Waals surface area contributed by atoms with Gasteiger partial charge in [0, 0.05) is 19.2 Å². The van der Waals surface area contributed by atoms with Gasteiger partial charge in [-0.25, -0.2) is 8.78 Å². The zero-order chi connectivity index (χ0) is 21.2. The van der Waals surface area contributed by atoms with Crippen molar-refractivity contribution in [2.45, 2.75) is 19.4 Å². The number of hydrogen-bond donors (Lipinski definition) is 3. The van der Waals surface area contributed by atoms with Gasteiger partial charge < -0.3 is 25.2 Å². The minimum Gasteiger partial charge on any atom is -0.497 e. The first-order chi connectivity index (χ1) is 14.0. The van der Waals surface area contributed by atoms with E-state index in [0.29, 0.717) is 42.5 Å². The summed E-state index contributed by atoms with van der Waals surface area (Å²) < 4.78 is 37.4. The van der Waals surface area contributed by atoms with E-state index in [2.05, 4.69) is 15.6 Å². The Balaban J connectivity index is 2.00. The average molecular weight is 407 g/mol. The molecule has 2 aromatic rings. The number of halogens is 2. The Labute approximate surface area is 169 Å². The largest absolute Gasteiger partial charge is 0.497 e. The fraction of sp³-hybridized carbons (Fsp3) is 0.381. The molecule has 2 aromatic carbocycles. The summed E-state index contributed by atoms with van der Waals surface area (Å²) >= 11 is 0.